The van der Waals surface area contributed by atoms with Gasteiger partial charge in [-0.25, -0.2) is 0 Å². The van der Waals surface area contributed by atoms with Gasteiger partial charge in [-0.1, -0.05) is 40.0 Å². The van der Waals surface area contributed by atoms with Gasteiger partial charge in [0.2, 0.25) is 0 Å². The third kappa shape index (κ3) is 63.4. The Hall–Kier alpha value is 3.47. The molecule has 0 aliphatic heterocycles. The maximum atomic E-state index is 10.5. The Morgan fingerprint density at radius 2 is 0.800 bits per heavy atom. The maximum absolute atomic E-state index is 10.5. The zero-order valence-corrected chi connectivity index (χ0v) is 27.2. The van der Waals surface area contributed by atoms with Crippen molar-refractivity contribution in [1.82, 2.24) is 0 Å². The van der Waals surface area contributed by atoms with Crippen LogP contribution >= 0.6 is 17.1 Å². The molecule has 30 heavy (non-hydrogen) atoms. The number of hydrogen-bond acceptors (Lipinski definition) is 14. The SMILES string of the molecule is CCCCOP([O-])(=S)[S-].CCCCOP([O-])(=S)[S-].CCCCOP([O-])(=S)[S-].O=S.[Mo+6]. The molecule has 0 amide bonds. The molecule has 0 bridgehead atoms. The normalized spacial score (nSPS) is 15.6. The average Bonchev–Trinajstić information content (AvgIpc) is 2.55. The molecule has 180 valence electrons. The second-order valence-electron chi connectivity index (χ2n) is 4.90. The molecular weight excluding hydrogens is 669 g/mol. The smallest absolute Gasteiger partial charge is 0.819 e. The second-order valence-corrected chi connectivity index (χ2v) is 19.1. The first-order valence-corrected chi connectivity index (χ1v) is 19.6. The van der Waals surface area contributed by atoms with Crippen LogP contribution in [0.5, 0.6) is 0 Å². The zero-order chi connectivity index (χ0) is 24.0. The Balaban J connectivity index is -0.0000000982. The van der Waals surface area contributed by atoms with E-state index in [1.165, 1.54) is 0 Å². The summed E-state index contributed by atoms with van der Waals surface area (Å²) in [4.78, 5) is 31.5. The van der Waals surface area contributed by atoms with Gasteiger partial charge in [-0.05, 0) is 19.3 Å². The quantitative estimate of drug-likeness (QED) is 0.129. The van der Waals surface area contributed by atoms with Crippen molar-refractivity contribution in [2.75, 3.05) is 19.8 Å². The molecule has 0 aliphatic carbocycles. The summed E-state index contributed by atoms with van der Waals surface area (Å²) < 4.78 is 21.8. The first-order chi connectivity index (χ1) is 13.2. The molecule has 0 aromatic carbocycles. The molecule has 3 unspecified atom stereocenters. The molecule has 0 heterocycles. The summed E-state index contributed by atoms with van der Waals surface area (Å²) >= 11 is 28.9. The van der Waals surface area contributed by atoms with Crippen molar-refractivity contribution in [1.29, 1.82) is 0 Å². The minimum absolute atomic E-state index is 0. The van der Waals surface area contributed by atoms with Gasteiger partial charge in [-0.3, -0.25) is 0 Å². The topological polar surface area (TPSA) is 114 Å². The van der Waals surface area contributed by atoms with E-state index < -0.39 is 17.1 Å². The fourth-order valence-corrected chi connectivity index (χ4v) is 3.36. The van der Waals surface area contributed by atoms with E-state index in [0.717, 1.165) is 38.5 Å². The summed E-state index contributed by atoms with van der Waals surface area (Å²) in [5.74, 6) is 0. The van der Waals surface area contributed by atoms with Gasteiger partial charge in [0, 0.05) is 19.8 Å². The molecule has 0 radical (unpaired) electrons. The van der Waals surface area contributed by atoms with E-state index >= 15 is 0 Å². The van der Waals surface area contributed by atoms with Crippen LogP contribution < -0.4 is 14.7 Å². The van der Waals surface area contributed by atoms with Crippen LogP contribution in [-0.2, 0) is 119 Å². The van der Waals surface area contributed by atoms with E-state index in [0.29, 0.717) is 19.8 Å². The minimum Gasteiger partial charge on any atom is -0.819 e. The first-order valence-electron chi connectivity index (χ1n) is 8.34. The molecule has 0 saturated heterocycles. The third-order valence-corrected chi connectivity index (χ3v) is 5.64. The molecule has 0 saturated carbocycles. The van der Waals surface area contributed by atoms with Gasteiger partial charge >= 0.3 is 21.1 Å². The van der Waals surface area contributed by atoms with Crippen molar-refractivity contribution in [3.8, 4) is 0 Å². The van der Waals surface area contributed by atoms with E-state index in [1.807, 2.05) is 20.8 Å². The van der Waals surface area contributed by atoms with Gasteiger partial charge in [-0.15, -0.1) is 52.5 Å². The van der Waals surface area contributed by atoms with Gasteiger partial charge in [0.05, 0.1) is 0 Å². The van der Waals surface area contributed by atoms with Crippen LogP contribution in [0.4, 0.5) is 0 Å². The van der Waals surface area contributed by atoms with Gasteiger partial charge in [-0.2, -0.15) is 4.21 Å². The molecule has 7 nitrogen and oxygen atoms in total. The Labute approximate surface area is 232 Å². The summed E-state index contributed by atoms with van der Waals surface area (Å²) in [5, 5.41) is 0. The predicted molar refractivity (Wildman–Crippen MR) is 136 cm³/mol. The number of rotatable bonds is 12. The zero-order valence-electron chi connectivity index (χ0n) is 16.8. The standard InChI is InChI=1S/3C4H11O2PS2.Mo.OS/c3*1-2-3-4-6-7(5,8)9;;1-2/h3*2-4H2,1H3,(H2,5,8,9);;/q;;;+6;/p-6. The van der Waals surface area contributed by atoms with E-state index in [-0.39, 0.29) is 21.1 Å². The van der Waals surface area contributed by atoms with Crippen molar-refractivity contribution in [3.63, 3.8) is 0 Å². The molecular formula is C12H27MoO7P3S7. The first kappa shape index (κ1) is 43.5. The van der Waals surface area contributed by atoms with Gasteiger partial charge in [0.25, 0.3) is 0 Å². The van der Waals surface area contributed by atoms with Crippen LogP contribution in [0.3, 0.4) is 0 Å². The van der Waals surface area contributed by atoms with E-state index in [4.69, 9.17) is 4.21 Å². The van der Waals surface area contributed by atoms with Crippen molar-refractivity contribution in [2.45, 2.75) is 59.3 Å². The number of unbranched alkanes of at least 4 members (excludes halogenated alkanes) is 3. The van der Waals surface area contributed by atoms with Gasteiger partial charge < -0.3 is 65.0 Å². The van der Waals surface area contributed by atoms with Crippen molar-refractivity contribution in [3.05, 3.63) is 0 Å². The van der Waals surface area contributed by atoms with Crippen LogP contribution in [0.25, 0.3) is 0 Å². The summed E-state index contributed by atoms with van der Waals surface area (Å²) in [6, 6.07) is 0. The Morgan fingerprint density at radius 1 is 0.633 bits per heavy atom. The number of hydrogen-bond donors (Lipinski definition) is 0. The van der Waals surface area contributed by atoms with Crippen LogP contribution in [0.15, 0.2) is 0 Å². The second kappa shape index (κ2) is 28.7. The van der Waals surface area contributed by atoms with Crippen LogP contribution in [0.2, 0.25) is 0 Å². The molecule has 0 aromatic heterocycles. The molecule has 3 atom stereocenters. The molecule has 0 aromatic rings. The molecule has 0 fully saturated rings. The minimum atomic E-state index is -3.03. The van der Waals surface area contributed by atoms with E-state index in [2.05, 4.69) is 98.3 Å². The van der Waals surface area contributed by atoms with Crippen LogP contribution in [-0.4, -0.2) is 24.0 Å². The Kier molecular flexibility index (Phi) is 41.7. The summed E-state index contributed by atoms with van der Waals surface area (Å²) in [7, 11) is 0. The largest absolute Gasteiger partial charge is 6.00 e. The molecule has 0 aliphatic rings. The summed E-state index contributed by atoms with van der Waals surface area (Å²) in [6.07, 6.45) is 5.63. The summed E-state index contributed by atoms with van der Waals surface area (Å²) in [6.45, 7) is 7.34. The van der Waals surface area contributed by atoms with Crippen LogP contribution in [0, 0.1) is 0 Å². The molecule has 18 heteroatoms. The predicted octanol–water partition coefficient (Wildman–Crippen LogP) is 2.47. The van der Waals surface area contributed by atoms with Gasteiger partial charge in [0.15, 0.2) is 12.5 Å². The third-order valence-electron chi connectivity index (χ3n) is 2.24. The van der Waals surface area contributed by atoms with Crippen molar-refractivity contribution < 1.29 is 53.5 Å². The summed E-state index contributed by atoms with van der Waals surface area (Å²) in [5.41, 5.74) is -9.09. The maximum Gasteiger partial charge on any atom is 6.00 e. The fourth-order valence-electron chi connectivity index (χ4n) is 0.962. The van der Waals surface area contributed by atoms with Crippen molar-refractivity contribution >= 4 is 102 Å². The molecule has 0 spiro atoms. The molecule has 0 N–H and O–H groups in total. The van der Waals surface area contributed by atoms with Crippen LogP contribution in [0.1, 0.15) is 59.3 Å². The van der Waals surface area contributed by atoms with Gasteiger partial charge in [0.1, 0.15) is 0 Å². The average molecular weight is 697 g/mol. The van der Waals surface area contributed by atoms with E-state index in [1.54, 1.807) is 0 Å². The molecule has 0 rings (SSSR count). The van der Waals surface area contributed by atoms with E-state index in [9.17, 15) is 14.7 Å². The fraction of sp³-hybridized carbons (Fsp3) is 1.00. The Morgan fingerprint density at radius 3 is 0.900 bits per heavy atom. The monoisotopic (exact) mass is 698 g/mol. The van der Waals surface area contributed by atoms with Crippen molar-refractivity contribution in [2.24, 2.45) is 0 Å². The Bertz CT molecular complexity index is 424.